The van der Waals surface area contributed by atoms with Crippen molar-refractivity contribution in [2.24, 2.45) is 0 Å². The Morgan fingerprint density at radius 3 is 2.70 bits per heavy atom. The maximum atomic E-state index is 12.5. The van der Waals surface area contributed by atoms with Crippen LogP contribution in [-0.4, -0.2) is 10.2 Å². The summed E-state index contributed by atoms with van der Waals surface area (Å²) < 4.78 is 1.42. The summed E-state index contributed by atoms with van der Waals surface area (Å²) in [7, 11) is 0. The van der Waals surface area contributed by atoms with Crippen molar-refractivity contribution in [2.45, 2.75) is 0 Å². The summed E-state index contributed by atoms with van der Waals surface area (Å²) in [5.74, 6) is -0.0692. The average Bonchev–Trinajstić information content (AvgIpc) is 3.01. The molecule has 2 heterocycles. The Hall–Kier alpha value is -0.950. The van der Waals surface area contributed by atoms with Gasteiger partial charge in [0.15, 0.2) is 4.32 Å². The topological polar surface area (TPSA) is 20.3 Å². The van der Waals surface area contributed by atoms with Gasteiger partial charge >= 0.3 is 0 Å². The van der Waals surface area contributed by atoms with Crippen LogP contribution in [0.4, 0.5) is 5.69 Å². The molecule has 1 aromatic carbocycles. The van der Waals surface area contributed by atoms with Gasteiger partial charge in [-0.2, -0.15) is 0 Å². The van der Waals surface area contributed by atoms with Crippen molar-refractivity contribution in [3.63, 3.8) is 0 Å². The van der Waals surface area contributed by atoms with E-state index in [1.54, 1.807) is 16.2 Å². The molecule has 100 valence electrons. The van der Waals surface area contributed by atoms with Crippen molar-refractivity contribution in [2.75, 3.05) is 4.90 Å². The molecule has 1 aliphatic heterocycles. The molecular weight excluding hydrogens is 374 g/mol. The molecule has 0 radical (unpaired) electrons. The van der Waals surface area contributed by atoms with Gasteiger partial charge in [-0.3, -0.25) is 9.69 Å². The van der Waals surface area contributed by atoms with Crippen molar-refractivity contribution in [3.8, 4) is 0 Å². The molecule has 3 rings (SSSR count). The molecule has 1 saturated heterocycles. The molecule has 1 aromatic heterocycles. The third-order valence-corrected chi connectivity index (χ3v) is 5.50. The SMILES string of the molecule is O=C1C(=Cc2cccs2)SC(=S)N1c1ccccc1Br. The summed E-state index contributed by atoms with van der Waals surface area (Å²) in [5.41, 5.74) is 0.782. The highest BCUT2D eigenvalue weighted by molar-refractivity contribution is 9.10. The highest BCUT2D eigenvalue weighted by atomic mass is 79.9. The Labute approximate surface area is 138 Å². The zero-order chi connectivity index (χ0) is 14.1. The molecule has 1 fully saturated rings. The Morgan fingerprint density at radius 1 is 1.20 bits per heavy atom. The van der Waals surface area contributed by atoms with Crippen LogP contribution in [0.15, 0.2) is 51.2 Å². The van der Waals surface area contributed by atoms with Gasteiger partial charge in [0.25, 0.3) is 5.91 Å². The molecule has 0 spiro atoms. The first-order chi connectivity index (χ1) is 9.66. The van der Waals surface area contributed by atoms with Gasteiger partial charge in [0.05, 0.1) is 10.6 Å². The van der Waals surface area contributed by atoms with Gasteiger partial charge in [0.2, 0.25) is 0 Å². The van der Waals surface area contributed by atoms with Crippen LogP contribution in [0.3, 0.4) is 0 Å². The van der Waals surface area contributed by atoms with E-state index in [9.17, 15) is 4.79 Å². The Kier molecular flexibility index (Phi) is 4.07. The number of nitrogens with zero attached hydrogens (tertiary/aromatic N) is 1. The summed E-state index contributed by atoms with van der Waals surface area (Å²) in [6, 6.07) is 11.5. The van der Waals surface area contributed by atoms with Crippen LogP contribution in [0.1, 0.15) is 4.88 Å². The number of anilines is 1. The highest BCUT2D eigenvalue weighted by Gasteiger charge is 2.34. The molecule has 0 N–H and O–H groups in total. The first-order valence-corrected chi connectivity index (χ1v) is 8.62. The summed E-state index contributed by atoms with van der Waals surface area (Å²) in [5, 5.41) is 1.99. The molecule has 20 heavy (non-hydrogen) atoms. The second-order valence-electron chi connectivity index (χ2n) is 3.98. The van der Waals surface area contributed by atoms with Gasteiger partial charge in [-0.15, -0.1) is 11.3 Å². The van der Waals surface area contributed by atoms with Gasteiger partial charge in [0, 0.05) is 9.35 Å². The monoisotopic (exact) mass is 381 g/mol. The van der Waals surface area contributed by atoms with E-state index in [-0.39, 0.29) is 5.91 Å². The molecule has 0 bridgehead atoms. The van der Waals surface area contributed by atoms with Crippen LogP contribution in [0.2, 0.25) is 0 Å². The number of thiocarbonyl (C=S) groups is 1. The maximum Gasteiger partial charge on any atom is 0.270 e. The molecule has 0 saturated carbocycles. The minimum atomic E-state index is -0.0692. The Balaban J connectivity index is 1.98. The average molecular weight is 382 g/mol. The minimum Gasteiger partial charge on any atom is -0.268 e. The van der Waals surface area contributed by atoms with E-state index in [1.807, 2.05) is 47.9 Å². The molecule has 1 aliphatic rings. The van der Waals surface area contributed by atoms with Crippen molar-refractivity contribution in [1.29, 1.82) is 0 Å². The lowest BCUT2D eigenvalue weighted by Crippen LogP contribution is -2.27. The van der Waals surface area contributed by atoms with E-state index in [2.05, 4.69) is 15.9 Å². The van der Waals surface area contributed by atoms with Gasteiger partial charge < -0.3 is 0 Å². The van der Waals surface area contributed by atoms with E-state index in [1.165, 1.54) is 11.8 Å². The minimum absolute atomic E-state index is 0.0692. The number of benzene rings is 1. The third kappa shape index (κ3) is 2.61. The number of thiophene rings is 1. The molecule has 0 aliphatic carbocycles. The molecule has 2 nitrogen and oxygen atoms in total. The fraction of sp³-hybridized carbons (Fsp3) is 0. The first-order valence-electron chi connectivity index (χ1n) is 5.73. The standard InChI is InChI=1S/C14H8BrNOS3/c15-10-5-1-2-6-11(10)16-13(17)12(20-14(16)18)8-9-4-3-7-19-9/h1-8H. The van der Waals surface area contributed by atoms with E-state index >= 15 is 0 Å². The lowest BCUT2D eigenvalue weighted by atomic mass is 10.3. The van der Waals surface area contributed by atoms with E-state index in [0.717, 1.165) is 15.0 Å². The van der Waals surface area contributed by atoms with Gasteiger partial charge in [-0.05, 0) is 45.6 Å². The number of amides is 1. The lowest BCUT2D eigenvalue weighted by molar-refractivity contribution is -0.113. The van der Waals surface area contributed by atoms with Gasteiger partial charge in [-0.1, -0.05) is 42.2 Å². The van der Waals surface area contributed by atoms with Crippen molar-refractivity contribution in [1.82, 2.24) is 0 Å². The summed E-state index contributed by atoms with van der Waals surface area (Å²) >= 11 is 11.7. The van der Waals surface area contributed by atoms with Crippen molar-refractivity contribution in [3.05, 3.63) is 56.0 Å². The van der Waals surface area contributed by atoms with E-state index < -0.39 is 0 Å². The highest BCUT2D eigenvalue weighted by Crippen LogP contribution is 2.39. The Bertz CT molecular complexity index is 709. The van der Waals surface area contributed by atoms with Crippen molar-refractivity contribution < 1.29 is 4.79 Å². The predicted molar refractivity (Wildman–Crippen MR) is 94.1 cm³/mol. The van der Waals surface area contributed by atoms with Gasteiger partial charge in [0.1, 0.15) is 0 Å². The van der Waals surface area contributed by atoms with Crippen LogP contribution in [0.5, 0.6) is 0 Å². The number of hydrogen-bond acceptors (Lipinski definition) is 4. The van der Waals surface area contributed by atoms with Crippen molar-refractivity contribution >= 4 is 73.2 Å². The summed E-state index contributed by atoms with van der Waals surface area (Å²) in [6.07, 6.45) is 1.89. The smallest absolute Gasteiger partial charge is 0.268 e. The van der Waals surface area contributed by atoms with Crippen LogP contribution >= 0.6 is 51.2 Å². The third-order valence-electron chi connectivity index (χ3n) is 2.70. The molecular formula is C14H8BrNOS3. The van der Waals surface area contributed by atoms with Gasteiger partial charge in [-0.25, -0.2) is 0 Å². The lowest BCUT2D eigenvalue weighted by Gasteiger charge is -2.15. The number of hydrogen-bond donors (Lipinski definition) is 0. The number of thioether (sulfide) groups is 1. The second kappa shape index (κ2) is 5.81. The molecule has 0 unspecified atom stereocenters. The quantitative estimate of drug-likeness (QED) is 0.543. The second-order valence-corrected chi connectivity index (χ2v) is 7.49. The molecule has 6 heteroatoms. The molecule has 0 atom stereocenters. The Morgan fingerprint density at radius 2 is 2.00 bits per heavy atom. The molecule has 1 amide bonds. The number of para-hydroxylation sites is 1. The van der Waals surface area contributed by atoms with Crippen LogP contribution < -0.4 is 4.90 Å². The predicted octanol–water partition coefficient (Wildman–Crippen LogP) is 4.92. The van der Waals surface area contributed by atoms with E-state index in [4.69, 9.17) is 12.2 Å². The largest absolute Gasteiger partial charge is 0.270 e. The first kappa shape index (κ1) is 14.0. The summed E-state index contributed by atoms with van der Waals surface area (Å²) in [4.78, 5) is 15.8. The fourth-order valence-electron chi connectivity index (χ4n) is 1.81. The zero-order valence-corrected chi connectivity index (χ0v) is 14.1. The fourth-order valence-corrected chi connectivity index (χ4v) is 4.28. The van der Waals surface area contributed by atoms with Crippen LogP contribution in [-0.2, 0) is 4.79 Å². The number of rotatable bonds is 2. The molecule has 2 aromatic rings. The van der Waals surface area contributed by atoms with Crippen LogP contribution in [0, 0.1) is 0 Å². The number of halogens is 1. The maximum absolute atomic E-state index is 12.5. The normalized spacial score (nSPS) is 17.2. The number of carbonyl (C=O) groups excluding carboxylic acids is 1. The summed E-state index contributed by atoms with van der Waals surface area (Å²) in [6.45, 7) is 0. The zero-order valence-electron chi connectivity index (χ0n) is 10.1. The van der Waals surface area contributed by atoms with Crippen LogP contribution in [0.25, 0.3) is 6.08 Å². The van der Waals surface area contributed by atoms with E-state index in [0.29, 0.717) is 9.23 Å². The number of carbonyl (C=O) groups is 1.